The predicted molar refractivity (Wildman–Crippen MR) is 103 cm³/mol. The molecule has 0 aliphatic heterocycles. The Balaban J connectivity index is 0.00000441. The van der Waals surface area contributed by atoms with E-state index in [1.54, 1.807) is 6.07 Å². The number of thiophene rings is 1. The lowest BCUT2D eigenvalue weighted by molar-refractivity contribution is 0.573. The summed E-state index contributed by atoms with van der Waals surface area (Å²) in [4.78, 5) is 5.31. The number of guanidine groups is 1. The zero-order chi connectivity index (χ0) is 15.9. The fraction of sp³-hybridized carbons (Fsp3) is 0.615. The van der Waals surface area contributed by atoms with Crippen molar-refractivity contribution in [3.8, 4) is 0 Å². The van der Waals surface area contributed by atoms with Crippen LogP contribution in [0.25, 0.3) is 0 Å². The number of nitrogens with two attached hydrogens (primary N) is 1. The molecule has 0 spiro atoms. The molecule has 0 aromatic carbocycles. The minimum Gasteiger partial charge on any atom is -0.357 e. The van der Waals surface area contributed by atoms with Crippen LogP contribution in [0.2, 0.25) is 0 Å². The summed E-state index contributed by atoms with van der Waals surface area (Å²) in [6.07, 6.45) is 1.07. The van der Waals surface area contributed by atoms with Crippen LogP contribution in [-0.4, -0.2) is 27.5 Å². The number of hydrogen-bond donors (Lipinski definition) is 3. The Morgan fingerprint density at radius 2 is 2.05 bits per heavy atom. The first kappa shape index (κ1) is 21.6. The fourth-order valence-electron chi connectivity index (χ4n) is 1.57. The van der Waals surface area contributed by atoms with Gasteiger partial charge < -0.3 is 10.6 Å². The van der Waals surface area contributed by atoms with Gasteiger partial charge in [-0.1, -0.05) is 13.8 Å². The molecule has 4 N–H and O–H groups in total. The Kier molecular flexibility index (Phi) is 10.2. The summed E-state index contributed by atoms with van der Waals surface area (Å²) in [6.45, 7) is 8.41. The third-order valence-electron chi connectivity index (χ3n) is 2.67. The van der Waals surface area contributed by atoms with Gasteiger partial charge in [0, 0.05) is 18.0 Å². The molecule has 6 nitrogen and oxygen atoms in total. The van der Waals surface area contributed by atoms with Crippen LogP contribution in [-0.2, 0) is 16.6 Å². The van der Waals surface area contributed by atoms with E-state index in [1.807, 2.05) is 6.92 Å². The second-order valence-electron chi connectivity index (χ2n) is 5.07. The van der Waals surface area contributed by atoms with Gasteiger partial charge in [-0.15, -0.1) is 35.3 Å². The van der Waals surface area contributed by atoms with E-state index >= 15 is 0 Å². The summed E-state index contributed by atoms with van der Waals surface area (Å²) < 4.78 is 22.6. The second kappa shape index (κ2) is 10.4. The van der Waals surface area contributed by atoms with Crippen LogP contribution in [0.15, 0.2) is 21.3 Å². The summed E-state index contributed by atoms with van der Waals surface area (Å²) in [5, 5.41) is 11.5. The summed E-state index contributed by atoms with van der Waals surface area (Å²) in [6, 6.07) is 3.26. The van der Waals surface area contributed by atoms with Crippen molar-refractivity contribution >= 4 is 51.3 Å². The number of rotatable bonds is 7. The number of hydrogen-bond acceptors (Lipinski definition) is 4. The Hall–Kier alpha value is -0.390. The number of halogens is 1. The molecule has 0 amide bonds. The molecule has 0 bridgehead atoms. The van der Waals surface area contributed by atoms with Gasteiger partial charge in [0.15, 0.2) is 5.96 Å². The summed E-state index contributed by atoms with van der Waals surface area (Å²) in [5.41, 5.74) is 0. The zero-order valence-electron chi connectivity index (χ0n) is 13.1. The van der Waals surface area contributed by atoms with Crippen molar-refractivity contribution < 1.29 is 8.42 Å². The Morgan fingerprint density at radius 1 is 1.36 bits per heavy atom. The average molecular weight is 460 g/mol. The molecule has 0 aliphatic rings. The van der Waals surface area contributed by atoms with Crippen molar-refractivity contribution in [1.82, 2.24) is 10.6 Å². The lowest BCUT2D eigenvalue weighted by atomic mass is 10.1. The average Bonchev–Trinajstić information content (AvgIpc) is 2.84. The van der Waals surface area contributed by atoms with E-state index in [1.165, 1.54) is 6.07 Å². The zero-order valence-corrected chi connectivity index (χ0v) is 17.1. The molecule has 1 heterocycles. The maximum Gasteiger partial charge on any atom is 0.247 e. The van der Waals surface area contributed by atoms with Crippen LogP contribution in [0.3, 0.4) is 0 Å². The Labute approximate surface area is 154 Å². The highest BCUT2D eigenvalue weighted by Gasteiger charge is 2.10. The van der Waals surface area contributed by atoms with Gasteiger partial charge in [0.1, 0.15) is 4.21 Å². The molecule has 128 valence electrons. The molecule has 0 unspecified atom stereocenters. The van der Waals surface area contributed by atoms with Gasteiger partial charge in [0.2, 0.25) is 10.0 Å². The van der Waals surface area contributed by atoms with Crippen molar-refractivity contribution in [3.63, 3.8) is 0 Å². The molecule has 0 aliphatic carbocycles. The summed E-state index contributed by atoms with van der Waals surface area (Å²) in [5.74, 6) is 1.37. The molecule has 0 saturated heterocycles. The first-order valence-corrected chi connectivity index (χ1v) is 9.33. The third kappa shape index (κ3) is 8.30. The van der Waals surface area contributed by atoms with Crippen LogP contribution in [0.5, 0.6) is 0 Å². The Morgan fingerprint density at radius 3 is 2.55 bits per heavy atom. The number of nitrogens with one attached hydrogen (secondary N) is 2. The maximum atomic E-state index is 11.2. The van der Waals surface area contributed by atoms with Crippen molar-refractivity contribution in [2.75, 3.05) is 13.1 Å². The first-order valence-electron chi connectivity index (χ1n) is 6.96. The smallest absolute Gasteiger partial charge is 0.247 e. The van der Waals surface area contributed by atoms with Gasteiger partial charge in [-0.2, -0.15) is 0 Å². The molecule has 0 saturated carbocycles. The number of sulfonamides is 1. The highest BCUT2D eigenvalue weighted by molar-refractivity contribution is 14.0. The van der Waals surface area contributed by atoms with Gasteiger partial charge in [-0.25, -0.2) is 18.5 Å². The van der Waals surface area contributed by atoms with Crippen LogP contribution in [0, 0.1) is 5.92 Å². The molecule has 1 aromatic heterocycles. The largest absolute Gasteiger partial charge is 0.357 e. The molecule has 9 heteroatoms. The van der Waals surface area contributed by atoms with Crippen molar-refractivity contribution in [1.29, 1.82) is 0 Å². The highest BCUT2D eigenvalue weighted by Crippen LogP contribution is 2.20. The molecule has 0 radical (unpaired) electrons. The monoisotopic (exact) mass is 460 g/mol. The molecule has 1 rings (SSSR count). The normalized spacial score (nSPS) is 12.1. The van der Waals surface area contributed by atoms with Crippen molar-refractivity contribution in [3.05, 3.63) is 17.0 Å². The number of primary sulfonamides is 1. The van der Waals surface area contributed by atoms with Gasteiger partial charge in [-0.05, 0) is 31.4 Å². The fourth-order valence-corrected chi connectivity index (χ4v) is 3.28. The predicted octanol–water partition coefficient (Wildman–Crippen LogP) is 2.11. The quantitative estimate of drug-likeness (QED) is 0.330. The van der Waals surface area contributed by atoms with Gasteiger partial charge in [-0.3, -0.25) is 0 Å². The van der Waals surface area contributed by atoms with E-state index in [-0.39, 0.29) is 28.2 Å². The van der Waals surface area contributed by atoms with Crippen molar-refractivity contribution in [2.24, 2.45) is 16.0 Å². The lowest BCUT2D eigenvalue weighted by Crippen LogP contribution is -2.38. The van der Waals surface area contributed by atoms with E-state index in [0.717, 1.165) is 41.7 Å². The van der Waals surface area contributed by atoms with E-state index < -0.39 is 10.0 Å². The highest BCUT2D eigenvalue weighted by atomic mass is 127. The minimum atomic E-state index is -3.62. The molecule has 22 heavy (non-hydrogen) atoms. The SMILES string of the molecule is CCNC(=NCc1ccc(S(N)(=O)=O)s1)NCCC(C)C.I. The van der Waals surface area contributed by atoms with E-state index in [2.05, 4.69) is 29.5 Å². The summed E-state index contributed by atoms with van der Waals surface area (Å²) in [7, 11) is -3.62. The van der Waals surface area contributed by atoms with Crippen LogP contribution in [0.4, 0.5) is 0 Å². The van der Waals surface area contributed by atoms with Crippen LogP contribution >= 0.6 is 35.3 Å². The van der Waals surface area contributed by atoms with Gasteiger partial charge >= 0.3 is 0 Å². The van der Waals surface area contributed by atoms with Crippen molar-refractivity contribution in [2.45, 2.75) is 37.9 Å². The Bertz CT molecular complexity index is 570. The van der Waals surface area contributed by atoms with Gasteiger partial charge in [0.05, 0.1) is 6.54 Å². The van der Waals surface area contributed by atoms with Crippen LogP contribution in [0.1, 0.15) is 32.1 Å². The minimum absolute atomic E-state index is 0. The molecule has 1 aromatic rings. The van der Waals surface area contributed by atoms with E-state index in [4.69, 9.17) is 5.14 Å². The molecule has 0 fully saturated rings. The number of nitrogens with zero attached hydrogens (tertiary/aromatic N) is 1. The van der Waals surface area contributed by atoms with Gasteiger partial charge in [0.25, 0.3) is 0 Å². The topological polar surface area (TPSA) is 96.6 Å². The molecular formula is C13H25IN4O2S2. The van der Waals surface area contributed by atoms with E-state index in [0.29, 0.717) is 12.5 Å². The number of aliphatic imine (C=N–C) groups is 1. The molecular weight excluding hydrogens is 435 g/mol. The summed E-state index contributed by atoms with van der Waals surface area (Å²) >= 11 is 1.15. The lowest BCUT2D eigenvalue weighted by Gasteiger charge is -2.12. The maximum absolute atomic E-state index is 11.2. The first-order chi connectivity index (χ1) is 9.82. The third-order valence-corrected chi connectivity index (χ3v) is 5.18. The molecule has 0 atom stereocenters. The van der Waals surface area contributed by atoms with Crippen LogP contribution < -0.4 is 15.8 Å². The standard InChI is InChI=1S/C13H24N4O2S2.HI/c1-4-15-13(16-8-7-10(2)3)17-9-11-5-6-12(20-11)21(14,18)19;/h5-6,10H,4,7-9H2,1-3H3,(H2,14,18,19)(H2,15,16,17);1H. The van der Waals surface area contributed by atoms with E-state index in [9.17, 15) is 8.42 Å². The second-order valence-corrected chi connectivity index (χ2v) is 8.03.